The maximum Gasteiger partial charge on any atom is 0.264 e. The molecule has 0 saturated heterocycles. The molecule has 3 aromatic rings. The van der Waals surface area contributed by atoms with Crippen LogP contribution in [-0.4, -0.2) is 41.6 Å². The van der Waals surface area contributed by atoms with Crippen LogP contribution in [0.5, 0.6) is 11.5 Å². The fourth-order valence-corrected chi connectivity index (χ4v) is 2.65. The lowest BCUT2D eigenvalue weighted by Gasteiger charge is -2.16. The van der Waals surface area contributed by atoms with E-state index in [0.717, 1.165) is 11.3 Å². The van der Waals surface area contributed by atoms with Gasteiger partial charge in [0.2, 0.25) is 0 Å². The first-order chi connectivity index (χ1) is 13.6. The van der Waals surface area contributed by atoms with Crippen molar-refractivity contribution in [1.29, 1.82) is 0 Å². The van der Waals surface area contributed by atoms with Gasteiger partial charge in [-0.25, -0.2) is 0 Å². The summed E-state index contributed by atoms with van der Waals surface area (Å²) in [6, 6.07) is 14.8. The molecule has 1 heterocycles. The van der Waals surface area contributed by atoms with Crippen molar-refractivity contribution in [3.05, 3.63) is 71.4 Å². The molecule has 3 rings (SSSR count). The van der Waals surface area contributed by atoms with Gasteiger partial charge in [-0.15, -0.1) is 0 Å². The minimum atomic E-state index is -0.0921. The molecule has 0 bridgehead atoms. The Morgan fingerprint density at radius 1 is 1.18 bits per heavy atom. The Balaban J connectivity index is 1.52. The van der Waals surface area contributed by atoms with Gasteiger partial charge in [0.05, 0.1) is 7.11 Å². The molecule has 7 nitrogen and oxygen atoms in total. The summed E-state index contributed by atoms with van der Waals surface area (Å²) in [5, 5.41) is 3.96. The van der Waals surface area contributed by atoms with Crippen LogP contribution in [0.2, 0.25) is 0 Å². The first kappa shape index (κ1) is 19.4. The lowest BCUT2D eigenvalue weighted by molar-refractivity contribution is 0.0795. The van der Waals surface area contributed by atoms with Crippen molar-refractivity contribution in [2.24, 2.45) is 0 Å². The van der Waals surface area contributed by atoms with Crippen molar-refractivity contribution < 1.29 is 18.8 Å². The molecule has 0 saturated carbocycles. The summed E-state index contributed by atoms with van der Waals surface area (Å²) >= 11 is 0. The number of ether oxygens (including phenoxy) is 2. The molecule has 0 N–H and O–H groups in total. The first-order valence-electron chi connectivity index (χ1n) is 8.96. The summed E-state index contributed by atoms with van der Waals surface area (Å²) in [6.07, 6.45) is 0.486. The zero-order chi connectivity index (χ0) is 19.9. The van der Waals surface area contributed by atoms with Crippen LogP contribution in [0.3, 0.4) is 0 Å². The lowest BCUT2D eigenvalue weighted by atomic mass is 10.2. The fourth-order valence-electron chi connectivity index (χ4n) is 2.65. The van der Waals surface area contributed by atoms with Crippen LogP contribution in [-0.2, 0) is 13.0 Å². The average Bonchev–Trinajstić information content (AvgIpc) is 3.18. The average molecular weight is 381 g/mol. The molecule has 2 aromatic carbocycles. The number of hydrogen-bond acceptors (Lipinski definition) is 6. The summed E-state index contributed by atoms with van der Waals surface area (Å²) in [4.78, 5) is 18.5. The Kier molecular flexibility index (Phi) is 6.26. The Morgan fingerprint density at radius 2 is 2.00 bits per heavy atom. The summed E-state index contributed by atoms with van der Waals surface area (Å²) in [7, 11) is 3.31. The number of methoxy groups -OCH3 is 1. The lowest BCUT2D eigenvalue weighted by Crippen LogP contribution is -2.29. The van der Waals surface area contributed by atoms with Gasteiger partial charge in [0.1, 0.15) is 11.5 Å². The molecule has 0 unspecified atom stereocenters. The Labute approximate surface area is 163 Å². The van der Waals surface area contributed by atoms with Gasteiger partial charge in [0.15, 0.2) is 12.4 Å². The van der Waals surface area contributed by atoms with E-state index in [0.29, 0.717) is 36.0 Å². The molecule has 28 heavy (non-hydrogen) atoms. The quantitative estimate of drug-likeness (QED) is 0.596. The number of benzene rings is 2. The minimum Gasteiger partial charge on any atom is -0.497 e. The van der Waals surface area contributed by atoms with Crippen LogP contribution in [0.1, 0.15) is 27.6 Å². The molecule has 0 radical (unpaired) electrons. The monoisotopic (exact) mass is 381 g/mol. The second-order valence-corrected chi connectivity index (χ2v) is 6.37. The number of rotatable bonds is 8. The third-order valence-electron chi connectivity index (χ3n) is 4.29. The predicted octanol–water partition coefficient (Wildman–Crippen LogP) is 3.28. The van der Waals surface area contributed by atoms with Crippen molar-refractivity contribution >= 4 is 5.91 Å². The third kappa shape index (κ3) is 4.88. The van der Waals surface area contributed by atoms with Crippen molar-refractivity contribution in [2.75, 3.05) is 20.7 Å². The topological polar surface area (TPSA) is 77.7 Å². The number of nitrogens with zero attached hydrogens (tertiary/aromatic N) is 3. The molecular weight excluding hydrogens is 358 g/mol. The summed E-state index contributed by atoms with van der Waals surface area (Å²) in [5.74, 6) is 2.28. The Hall–Kier alpha value is -3.35. The molecule has 146 valence electrons. The van der Waals surface area contributed by atoms with Crippen LogP contribution in [0, 0.1) is 6.92 Å². The Morgan fingerprint density at radius 3 is 2.79 bits per heavy atom. The van der Waals surface area contributed by atoms with Gasteiger partial charge in [-0.3, -0.25) is 4.79 Å². The van der Waals surface area contributed by atoms with Crippen LogP contribution >= 0.6 is 0 Å². The van der Waals surface area contributed by atoms with E-state index < -0.39 is 0 Å². The maximum absolute atomic E-state index is 12.5. The van der Waals surface area contributed by atoms with E-state index in [4.69, 9.17) is 14.0 Å². The maximum atomic E-state index is 12.5. The number of carbonyl (C=O) groups is 1. The normalized spacial score (nSPS) is 10.5. The van der Waals surface area contributed by atoms with Gasteiger partial charge in [0.25, 0.3) is 11.8 Å². The summed E-state index contributed by atoms with van der Waals surface area (Å²) in [5.41, 5.74) is 1.61. The molecule has 0 fully saturated rings. The van der Waals surface area contributed by atoms with E-state index >= 15 is 0 Å². The second kappa shape index (κ2) is 9.03. The van der Waals surface area contributed by atoms with E-state index in [2.05, 4.69) is 10.1 Å². The number of carbonyl (C=O) groups excluding carboxylic acids is 1. The van der Waals surface area contributed by atoms with Gasteiger partial charge >= 0.3 is 0 Å². The SMILES string of the molecule is COc1cccc(C(=O)N(C)CCc2noc(COc3ccccc3C)n2)c1. The van der Waals surface area contributed by atoms with Crippen LogP contribution in [0.15, 0.2) is 53.1 Å². The first-order valence-corrected chi connectivity index (χ1v) is 8.96. The molecule has 1 aromatic heterocycles. The highest BCUT2D eigenvalue weighted by Gasteiger charge is 2.14. The van der Waals surface area contributed by atoms with Crippen LogP contribution in [0.4, 0.5) is 0 Å². The zero-order valence-corrected chi connectivity index (χ0v) is 16.2. The van der Waals surface area contributed by atoms with Gasteiger partial charge in [0, 0.05) is 25.6 Å². The molecule has 0 aliphatic heterocycles. The molecule has 7 heteroatoms. The van der Waals surface area contributed by atoms with E-state index in [1.165, 1.54) is 0 Å². The molecular formula is C21H23N3O4. The summed E-state index contributed by atoms with van der Waals surface area (Å²) in [6.45, 7) is 2.65. The number of amides is 1. The van der Waals surface area contributed by atoms with Crippen molar-refractivity contribution in [3.8, 4) is 11.5 Å². The van der Waals surface area contributed by atoms with E-state index in [1.54, 1.807) is 43.3 Å². The van der Waals surface area contributed by atoms with Crippen LogP contribution in [0.25, 0.3) is 0 Å². The van der Waals surface area contributed by atoms with Gasteiger partial charge in [-0.1, -0.05) is 29.4 Å². The highest BCUT2D eigenvalue weighted by atomic mass is 16.5. The van der Waals surface area contributed by atoms with Crippen LogP contribution < -0.4 is 9.47 Å². The number of hydrogen-bond donors (Lipinski definition) is 0. The number of aryl methyl sites for hydroxylation is 1. The smallest absolute Gasteiger partial charge is 0.264 e. The highest BCUT2D eigenvalue weighted by molar-refractivity contribution is 5.94. The van der Waals surface area contributed by atoms with E-state index in [9.17, 15) is 4.79 Å². The van der Waals surface area contributed by atoms with Crippen molar-refractivity contribution in [3.63, 3.8) is 0 Å². The predicted molar refractivity (Wildman–Crippen MR) is 103 cm³/mol. The molecule has 0 aliphatic carbocycles. The Bertz CT molecular complexity index is 939. The summed E-state index contributed by atoms with van der Waals surface area (Å²) < 4.78 is 16.1. The minimum absolute atomic E-state index is 0.0921. The van der Waals surface area contributed by atoms with Gasteiger partial charge < -0.3 is 18.9 Å². The molecule has 0 spiro atoms. The highest BCUT2D eigenvalue weighted by Crippen LogP contribution is 2.17. The van der Waals surface area contributed by atoms with Gasteiger partial charge in [-0.05, 0) is 36.8 Å². The second-order valence-electron chi connectivity index (χ2n) is 6.37. The van der Waals surface area contributed by atoms with E-state index in [1.807, 2.05) is 31.2 Å². The largest absolute Gasteiger partial charge is 0.497 e. The molecule has 0 aliphatic rings. The van der Waals surface area contributed by atoms with Crippen molar-refractivity contribution in [2.45, 2.75) is 20.0 Å². The third-order valence-corrected chi connectivity index (χ3v) is 4.29. The van der Waals surface area contributed by atoms with E-state index in [-0.39, 0.29) is 12.5 Å². The molecule has 0 atom stereocenters. The number of likely N-dealkylation sites (N-methyl/N-ethyl adjacent to an activating group) is 1. The van der Waals surface area contributed by atoms with Crippen molar-refractivity contribution in [1.82, 2.24) is 15.0 Å². The molecule has 1 amide bonds. The number of para-hydroxylation sites is 1. The number of aromatic nitrogens is 2. The zero-order valence-electron chi connectivity index (χ0n) is 16.2. The van der Waals surface area contributed by atoms with Gasteiger partial charge in [-0.2, -0.15) is 4.98 Å². The fraction of sp³-hybridized carbons (Fsp3) is 0.286. The standard InChI is InChI=1S/C21H23N3O4/c1-15-7-4-5-10-18(15)27-14-20-22-19(23-28-20)11-12-24(2)21(25)16-8-6-9-17(13-16)26-3/h4-10,13H,11-12,14H2,1-3H3.